The van der Waals surface area contributed by atoms with Gasteiger partial charge in [-0.25, -0.2) is 0 Å². The maximum absolute atomic E-state index is 8.89. The maximum Gasteiger partial charge on any atom is 0.213 e. The van der Waals surface area contributed by atoms with Crippen molar-refractivity contribution in [1.82, 2.24) is 0 Å². The van der Waals surface area contributed by atoms with Gasteiger partial charge in [0, 0.05) is 11.0 Å². The molecule has 2 heteroatoms. The van der Waals surface area contributed by atoms with Crippen molar-refractivity contribution >= 4 is 5.90 Å². The quantitative estimate of drug-likeness (QED) is 0.204. The Labute approximate surface area is 232 Å². The molecule has 4 aromatic carbocycles. The summed E-state index contributed by atoms with van der Waals surface area (Å²) in [5, 5.41) is 8.89. The molecule has 4 fully saturated rings. The van der Waals surface area contributed by atoms with E-state index in [1.165, 1.54) is 36.0 Å². The lowest BCUT2D eigenvalue weighted by Gasteiger charge is -2.72. The third-order valence-corrected chi connectivity index (χ3v) is 10.5. The lowest BCUT2D eigenvalue weighted by molar-refractivity contribution is -0.149. The molecule has 39 heavy (non-hydrogen) atoms. The molecule has 4 saturated carbocycles. The summed E-state index contributed by atoms with van der Waals surface area (Å²) in [5.41, 5.74) is 5.41. The van der Waals surface area contributed by atoms with Crippen molar-refractivity contribution in [3.05, 3.63) is 144 Å². The first kappa shape index (κ1) is 24.4. The molecular formula is C37H37NO. The highest BCUT2D eigenvalue weighted by Crippen LogP contribution is 2.75. The van der Waals surface area contributed by atoms with E-state index in [4.69, 9.17) is 10.1 Å². The fourth-order valence-electron chi connectivity index (χ4n) is 9.40. The zero-order valence-corrected chi connectivity index (χ0v) is 22.8. The first-order valence-corrected chi connectivity index (χ1v) is 14.4. The van der Waals surface area contributed by atoms with Crippen LogP contribution in [-0.4, -0.2) is 12.0 Å². The number of nitrogens with one attached hydrogen (secondary N) is 1. The van der Waals surface area contributed by atoms with E-state index in [1.807, 2.05) is 30.3 Å². The van der Waals surface area contributed by atoms with Crippen LogP contribution in [0.1, 0.15) is 67.7 Å². The normalized spacial score (nSPS) is 31.5. The molecule has 4 aliphatic rings. The second-order valence-electron chi connectivity index (χ2n) is 12.8. The highest BCUT2D eigenvalue weighted by atomic mass is 16.5. The van der Waals surface area contributed by atoms with Gasteiger partial charge in [0.1, 0.15) is 6.10 Å². The van der Waals surface area contributed by atoms with Crippen molar-refractivity contribution in [2.24, 2.45) is 5.41 Å². The van der Waals surface area contributed by atoms with Crippen LogP contribution in [0.5, 0.6) is 0 Å². The molecule has 0 aliphatic heterocycles. The zero-order valence-electron chi connectivity index (χ0n) is 22.8. The van der Waals surface area contributed by atoms with Crippen LogP contribution < -0.4 is 0 Å². The average molecular weight is 512 g/mol. The molecule has 4 bridgehead atoms. The molecular weight excluding hydrogens is 474 g/mol. The fraction of sp³-hybridized carbons (Fsp3) is 0.324. The van der Waals surface area contributed by atoms with Gasteiger partial charge >= 0.3 is 0 Å². The summed E-state index contributed by atoms with van der Waals surface area (Å²) in [6, 6.07) is 43.9. The Morgan fingerprint density at radius 1 is 0.538 bits per heavy atom. The molecule has 0 heterocycles. The van der Waals surface area contributed by atoms with Crippen molar-refractivity contribution < 1.29 is 4.74 Å². The average Bonchev–Trinajstić information content (AvgIpc) is 2.98. The Balaban J connectivity index is 1.41. The van der Waals surface area contributed by atoms with E-state index in [0.717, 1.165) is 24.8 Å². The van der Waals surface area contributed by atoms with Crippen molar-refractivity contribution in [3.8, 4) is 0 Å². The smallest absolute Gasteiger partial charge is 0.213 e. The third kappa shape index (κ3) is 3.87. The monoisotopic (exact) mass is 511 g/mol. The van der Waals surface area contributed by atoms with Crippen LogP contribution >= 0.6 is 0 Å². The molecule has 8 rings (SSSR count). The molecule has 0 spiro atoms. The van der Waals surface area contributed by atoms with E-state index in [1.54, 1.807) is 0 Å². The third-order valence-electron chi connectivity index (χ3n) is 10.5. The largest absolute Gasteiger partial charge is 0.474 e. The van der Waals surface area contributed by atoms with E-state index >= 15 is 0 Å². The first-order chi connectivity index (χ1) is 19.0. The lowest BCUT2D eigenvalue weighted by Crippen LogP contribution is -2.68. The van der Waals surface area contributed by atoms with Crippen molar-refractivity contribution in [2.75, 3.05) is 0 Å². The first-order valence-electron chi connectivity index (χ1n) is 14.4. The van der Waals surface area contributed by atoms with E-state index in [0.29, 0.717) is 0 Å². The minimum atomic E-state index is -0.0691. The molecule has 196 valence electrons. The second kappa shape index (κ2) is 8.95. The SMILES string of the molecule is CC(OC(=N)c1ccccc1)C12CC3(c4ccccc4)CC(c4ccccc4)(CC(c4ccccc4)(C3)C1)C2. The minimum Gasteiger partial charge on any atom is -0.474 e. The summed E-state index contributed by atoms with van der Waals surface area (Å²) in [6.45, 7) is 2.25. The Kier molecular flexibility index (Phi) is 5.60. The van der Waals surface area contributed by atoms with Gasteiger partial charge in [0.05, 0.1) is 0 Å². The fourth-order valence-corrected chi connectivity index (χ4v) is 9.40. The summed E-state index contributed by atoms with van der Waals surface area (Å²) in [6.07, 6.45) is 6.78. The summed E-state index contributed by atoms with van der Waals surface area (Å²) >= 11 is 0. The predicted octanol–water partition coefficient (Wildman–Crippen LogP) is 8.60. The molecule has 1 atom stereocenters. The summed E-state index contributed by atoms with van der Waals surface area (Å²) < 4.78 is 6.65. The Bertz CT molecular complexity index is 1320. The van der Waals surface area contributed by atoms with Crippen LogP contribution in [0, 0.1) is 10.8 Å². The number of benzene rings is 4. The van der Waals surface area contributed by atoms with E-state index in [2.05, 4.69) is 97.9 Å². The number of rotatable bonds is 6. The molecule has 1 unspecified atom stereocenters. The summed E-state index contributed by atoms with van der Waals surface area (Å²) in [5.74, 6) is 0.287. The topological polar surface area (TPSA) is 33.1 Å². The predicted molar refractivity (Wildman–Crippen MR) is 158 cm³/mol. The highest BCUT2D eigenvalue weighted by Gasteiger charge is 2.70. The molecule has 0 amide bonds. The Morgan fingerprint density at radius 3 is 1.23 bits per heavy atom. The maximum atomic E-state index is 8.89. The van der Waals surface area contributed by atoms with Gasteiger partial charge in [-0.15, -0.1) is 0 Å². The van der Waals surface area contributed by atoms with E-state index < -0.39 is 0 Å². The summed E-state index contributed by atoms with van der Waals surface area (Å²) in [7, 11) is 0. The molecule has 2 nitrogen and oxygen atoms in total. The standard InChI is InChI=1S/C37H37NO/c1-28(39-33(38)29-14-6-2-7-15-29)34-22-35(30-16-8-3-9-17-30)25-36(23-34,31-18-10-4-11-19-31)27-37(24-34,26-35)32-20-12-5-13-21-32/h2-21,28,38H,22-27H2,1H3. The van der Waals surface area contributed by atoms with Gasteiger partial charge in [-0.1, -0.05) is 109 Å². The molecule has 0 aromatic heterocycles. The molecule has 0 saturated heterocycles. The molecule has 0 radical (unpaired) electrons. The lowest BCUT2D eigenvalue weighted by atomic mass is 9.32. The van der Waals surface area contributed by atoms with Crippen LogP contribution in [0.4, 0.5) is 0 Å². The van der Waals surface area contributed by atoms with Gasteiger partial charge < -0.3 is 4.74 Å². The van der Waals surface area contributed by atoms with Crippen molar-refractivity contribution in [3.63, 3.8) is 0 Å². The number of ether oxygens (including phenoxy) is 1. The summed E-state index contributed by atoms with van der Waals surface area (Å²) in [4.78, 5) is 0. The van der Waals surface area contributed by atoms with Crippen LogP contribution in [-0.2, 0) is 21.0 Å². The van der Waals surface area contributed by atoms with Gasteiger partial charge in [-0.05, 0) is 90.5 Å². The van der Waals surface area contributed by atoms with Gasteiger partial charge in [-0.2, -0.15) is 0 Å². The zero-order chi connectivity index (χ0) is 26.6. The van der Waals surface area contributed by atoms with E-state index in [-0.39, 0.29) is 33.7 Å². The van der Waals surface area contributed by atoms with Gasteiger partial charge in [-0.3, -0.25) is 5.41 Å². The Morgan fingerprint density at radius 2 is 0.872 bits per heavy atom. The molecule has 4 aliphatic carbocycles. The van der Waals surface area contributed by atoms with Crippen LogP contribution in [0.25, 0.3) is 0 Å². The minimum absolute atomic E-state index is 0.0443. The molecule has 4 aromatic rings. The van der Waals surface area contributed by atoms with Crippen LogP contribution in [0.15, 0.2) is 121 Å². The number of hydrogen-bond acceptors (Lipinski definition) is 2. The van der Waals surface area contributed by atoms with Gasteiger partial charge in [0.2, 0.25) is 5.90 Å². The van der Waals surface area contributed by atoms with Crippen LogP contribution in [0.3, 0.4) is 0 Å². The van der Waals surface area contributed by atoms with Gasteiger partial charge in [0.15, 0.2) is 0 Å². The highest BCUT2D eigenvalue weighted by molar-refractivity contribution is 5.91. The Hall–Kier alpha value is -3.65. The molecule has 1 N–H and O–H groups in total. The van der Waals surface area contributed by atoms with Crippen molar-refractivity contribution in [2.45, 2.75) is 67.8 Å². The van der Waals surface area contributed by atoms with Crippen LogP contribution in [0.2, 0.25) is 0 Å². The van der Waals surface area contributed by atoms with Crippen molar-refractivity contribution in [1.29, 1.82) is 5.41 Å². The van der Waals surface area contributed by atoms with E-state index in [9.17, 15) is 0 Å². The number of hydrogen-bond donors (Lipinski definition) is 1. The van der Waals surface area contributed by atoms with Gasteiger partial charge in [0.25, 0.3) is 0 Å². The second-order valence-corrected chi connectivity index (χ2v) is 12.8.